The van der Waals surface area contributed by atoms with Crippen LogP contribution in [0.25, 0.3) is 0 Å². The monoisotopic (exact) mass is 358 g/mol. The molecule has 25 heavy (non-hydrogen) atoms. The number of nitrogens with zero attached hydrogens (tertiary/aromatic N) is 1. The molecule has 0 unspecified atom stereocenters. The summed E-state index contributed by atoms with van der Waals surface area (Å²) in [5.74, 6) is 2.26. The van der Waals surface area contributed by atoms with Crippen LogP contribution in [0.15, 0.2) is 35.7 Å². The highest BCUT2D eigenvalue weighted by Crippen LogP contribution is 2.36. The summed E-state index contributed by atoms with van der Waals surface area (Å²) in [6.07, 6.45) is 2.32. The summed E-state index contributed by atoms with van der Waals surface area (Å²) in [7, 11) is 0. The van der Waals surface area contributed by atoms with E-state index < -0.39 is 0 Å². The third kappa shape index (κ3) is 3.80. The summed E-state index contributed by atoms with van der Waals surface area (Å²) in [6, 6.07) is 9.85. The molecule has 1 N–H and O–H groups in total. The Morgan fingerprint density at radius 3 is 3.12 bits per heavy atom. The van der Waals surface area contributed by atoms with Crippen LogP contribution in [0.1, 0.15) is 28.1 Å². The minimum absolute atomic E-state index is 0.0403. The van der Waals surface area contributed by atoms with Crippen molar-refractivity contribution in [2.24, 2.45) is 5.92 Å². The molecule has 2 aliphatic heterocycles. The normalized spacial score (nSPS) is 19.8. The SMILES string of the molecule is O=C(NC[C@H]1CCCN(Cc2cccc3c2OCO3)C1)c1cccs1. The van der Waals surface area contributed by atoms with Gasteiger partial charge < -0.3 is 14.8 Å². The average Bonchev–Trinajstić information content (AvgIpc) is 3.32. The first-order valence-electron chi connectivity index (χ1n) is 8.71. The van der Waals surface area contributed by atoms with Crippen molar-refractivity contribution in [2.45, 2.75) is 19.4 Å². The van der Waals surface area contributed by atoms with Gasteiger partial charge in [0.1, 0.15) is 0 Å². The minimum atomic E-state index is 0.0403. The molecule has 1 saturated heterocycles. The van der Waals surface area contributed by atoms with Crippen LogP contribution in [0.2, 0.25) is 0 Å². The van der Waals surface area contributed by atoms with Crippen LogP contribution in [0.4, 0.5) is 0 Å². The van der Waals surface area contributed by atoms with Crippen LogP contribution in [0.3, 0.4) is 0 Å². The third-order valence-corrected chi connectivity index (χ3v) is 5.64. The fourth-order valence-corrected chi connectivity index (χ4v) is 4.19. The maximum atomic E-state index is 12.1. The van der Waals surface area contributed by atoms with Crippen molar-refractivity contribution in [2.75, 3.05) is 26.4 Å². The lowest BCUT2D eigenvalue weighted by Crippen LogP contribution is -2.40. The maximum absolute atomic E-state index is 12.1. The predicted octanol–water partition coefficient (Wildman–Crippen LogP) is 3.12. The second-order valence-electron chi connectivity index (χ2n) is 6.58. The Morgan fingerprint density at radius 2 is 2.24 bits per heavy atom. The number of amides is 1. The Kier molecular flexibility index (Phi) is 4.90. The number of carbonyl (C=O) groups excluding carboxylic acids is 1. The standard InChI is InChI=1S/C19H22N2O3S/c22-19(17-7-3-9-25-17)20-10-14-4-2-8-21(11-14)12-15-5-1-6-16-18(15)24-13-23-16/h1,3,5-7,9,14H,2,4,8,10-13H2,(H,20,22)/t14-/m1/s1. The lowest BCUT2D eigenvalue weighted by Gasteiger charge is -2.33. The van der Waals surface area contributed by atoms with E-state index in [9.17, 15) is 4.79 Å². The number of hydrogen-bond donors (Lipinski definition) is 1. The van der Waals surface area contributed by atoms with E-state index in [4.69, 9.17) is 9.47 Å². The second-order valence-corrected chi connectivity index (χ2v) is 7.53. The molecule has 1 aromatic carbocycles. The number of para-hydroxylation sites is 1. The molecule has 1 amide bonds. The van der Waals surface area contributed by atoms with E-state index in [1.807, 2.05) is 29.6 Å². The highest BCUT2D eigenvalue weighted by atomic mass is 32.1. The first-order valence-corrected chi connectivity index (χ1v) is 9.59. The first kappa shape index (κ1) is 16.4. The zero-order chi connectivity index (χ0) is 17.1. The molecule has 0 spiro atoms. The van der Waals surface area contributed by atoms with Crippen molar-refractivity contribution in [3.63, 3.8) is 0 Å². The molecule has 0 bridgehead atoms. The smallest absolute Gasteiger partial charge is 0.261 e. The van der Waals surface area contributed by atoms with Gasteiger partial charge in [-0.25, -0.2) is 0 Å². The molecular weight excluding hydrogens is 336 g/mol. The number of piperidine rings is 1. The largest absolute Gasteiger partial charge is 0.454 e. The van der Waals surface area contributed by atoms with Gasteiger partial charge in [-0.2, -0.15) is 0 Å². The summed E-state index contributed by atoms with van der Waals surface area (Å²) in [5, 5.41) is 5.01. The molecule has 1 fully saturated rings. The van der Waals surface area contributed by atoms with E-state index in [0.717, 1.165) is 55.4 Å². The number of rotatable bonds is 5. The molecule has 1 aromatic heterocycles. The number of nitrogens with one attached hydrogen (secondary N) is 1. The van der Waals surface area contributed by atoms with Crippen LogP contribution in [0.5, 0.6) is 11.5 Å². The van der Waals surface area contributed by atoms with Gasteiger partial charge >= 0.3 is 0 Å². The average molecular weight is 358 g/mol. The highest BCUT2D eigenvalue weighted by molar-refractivity contribution is 7.12. The van der Waals surface area contributed by atoms with Gasteiger partial charge in [-0.1, -0.05) is 18.2 Å². The number of hydrogen-bond acceptors (Lipinski definition) is 5. The maximum Gasteiger partial charge on any atom is 0.261 e. The van der Waals surface area contributed by atoms with Crippen LogP contribution in [-0.2, 0) is 6.54 Å². The zero-order valence-electron chi connectivity index (χ0n) is 14.1. The van der Waals surface area contributed by atoms with E-state index in [0.29, 0.717) is 12.7 Å². The Morgan fingerprint density at radius 1 is 1.28 bits per heavy atom. The molecule has 5 nitrogen and oxygen atoms in total. The van der Waals surface area contributed by atoms with E-state index in [1.165, 1.54) is 16.9 Å². The van der Waals surface area contributed by atoms with Gasteiger partial charge in [-0.15, -0.1) is 11.3 Å². The van der Waals surface area contributed by atoms with Crippen LogP contribution in [-0.4, -0.2) is 37.2 Å². The Bertz CT molecular complexity index is 732. The zero-order valence-corrected chi connectivity index (χ0v) is 14.9. The number of carbonyl (C=O) groups is 1. The molecule has 0 saturated carbocycles. The predicted molar refractivity (Wildman–Crippen MR) is 97.2 cm³/mol. The molecule has 1 atom stereocenters. The lowest BCUT2D eigenvalue weighted by atomic mass is 9.97. The summed E-state index contributed by atoms with van der Waals surface area (Å²) in [5.41, 5.74) is 1.18. The Hall–Kier alpha value is -2.05. The highest BCUT2D eigenvalue weighted by Gasteiger charge is 2.24. The third-order valence-electron chi connectivity index (χ3n) is 4.77. The second kappa shape index (κ2) is 7.45. The molecule has 4 rings (SSSR count). The molecule has 0 radical (unpaired) electrons. The van der Waals surface area contributed by atoms with Crippen molar-refractivity contribution >= 4 is 17.2 Å². The fourth-order valence-electron chi connectivity index (χ4n) is 3.55. The number of fused-ring (bicyclic) bond motifs is 1. The number of ether oxygens (including phenoxy) is 2. The molecule has 0 aliphatic carbocycles. The van der Waals surface area contributed by atoms with Crippen LogP contribution in [0, 0.1) is 5.92 Å². The van der Waals surface area contributed by atoms with Gasteiger partial charge in [-0.05, 0) is 42.8 Å². The van der Waals surface area contributed by atoms with E-state index >= 15 is 0 Å². The van der Waals surface area contributed by atoms with Crippen molar-refractivity contribution in [3.05, 3.63) is 46.2 Å². The number of benzene rings is 1. The van der Waals surface area contributed by atoms with E-state index in [2.05, 4.69) is 16.3 Å². The summed E-state index contributed by atoms with van der Waals surface area (Å²) in [4.78, 5) is 15.3. The molecule has 2 aliphatic rings. The lowest BCUT2D eigenvalue weighted by molar-refractivity contribution is 0.0934. The minimum Gasteiger partial charge on any atom is -0.454 e. The van der Waals surface area contributed by atoms with E-state index in [1.54, 1.807) is 0 Å². The molecule has 132 valence electrons. The van der Waals surface area contributed by atoms with Gasteiger partial charge in [0, 0.05) is 25.2 Å². The fraction of sp³-hybridized carbons (Fsp3) is 0.421. The van der Waals surface area contributed by atoms with Crippen molar-refractivity contribution < 1.29 is 14.3 Å². The Labute approximate surface area is 151 Å². The molecule has 2 aromatic rings. The quantitative estimate of drug-likeness (QED) is 0.892. The van der Waals surface area contributed by atoms with E-state index in [-0.39, 0.29) is 5.91 Å². The number of likely N-dealkylation sites (tertiary alicyclic amines) is 1. The van der Waals surface area contributed by atoms with Crippen molar-refractivity contribution in [3.8, 4) is 11.5 Å². The molecule has 6 heteroatoms. The van der Waals surface area contributed by atoms with Gasteiger partial charge in [-0.3, -0.25) is 9.69 Å². The van der Waals surface area contributed by atoms with Crippen molar-refractivity contribution in [1.82, 2.24) is 10.2 Å². The summed E-state index contributed by atoms with van der Waals surface area (Å²) >= 11 is 1.48. The van der Waals surface area contributed by atoms with Gasteiger partial charge in [0.05, 0.1) is 4.88 Å². The topological polar surface area (TPSA) is 50.8 Å². The van der Waals surface area contributed by atoms with Gasteiger partial charge in [0.2, 0.25) is 6.79 Å². The van der Waals surface area contributed by atoms with Crippen molar-refractivity contribution in [1.29, 1.82) is 0 Å². The molecular formula is C19H22N2O3S. The van der Waals surface area contributed by atoms with Gasteiger partial charge in [0.25, 0.3) is 5.91 Å². The molecule has 3 heterocycles. The van der Waals surface area contributed by atoms with Crippen LogP contribution >= 0.6 is 11.3 Å². The summed E-state index contributed by atoms with van der Waals surface area (Å²) in [6.45, 7) is 3.99. The number of thiophene rings is 1. The first-order chi connectivity index (χ1) is 12.3. The van der Waals surface area contributed by atoms with Gasteiger partial charge in [0.15, 0.2) is 11.5 Å². The Balaban J connectivity index is 1.32. The summed E-state index contributed by atoms with van der Waals surface area (Å²) < 4.78 is 11.1. The van der Waals surface area contributed by atoms with Crippen LogP contribution < -0.4 is 14.8 Å².